The molecule has 0 aliphatic carbocycles. The number of anilines is 1. The fraction of sp³-hybridized carbons (Fsp3) is 0.238. The molecule has 1 heterocycles. The third kappa shape index (κ3) is 3.74. The number of benzene rings is 2. The lowest BCUT2D eigenvalue weighted by atomic mass is 10.0. The first-order valence-corrected chi connectivity index (χ1v) is 9.29. The highest BCUT2D eigenvalue weighted by Crippen LogP contribution is 2.35. The van der Waals surface area contributed by atoms with Gasteiger partial charge in [0.2, 0.25) is 0 Å². The van der Waals surface area contributed by atoms with Crippen molar-refractivity contribution in [3.8, 4) is 5.75 Å². The van der Waals surface area contributed by atoms with Crippen LogP contribution in [0.5, 0.6) is 5.75 Å². The van der Waals surface area contributed by atoms with Gasteiger partial charge >= 0.3 is 0 Å². The van der Waals surface area contributed by atoms with Gasteiger partial charge in [-0.1, -0.05) is 23.7 Å². The van der Waals surface area contributed by atoms with E-state index in [2.05, 4.69) is 0 Å². The van der Waals surface area contributed by atoms with Gasteiger partial charge in [-0.05, 0) is 48.9 Å². The molecule has 1 aliphatic heterocycles. The zero-order valence-electron chi connectivity index (χ0n) is 15.7. The van der Waals surface area contributed by atoms with E-state index < -0.39 is 11.8 Å². The van der Waals surface area contributed by atoms with Crippen molar-refractivity contribution in [1.82, 2.24) is 4.90 Å². The number of imide groups is 1. The van der Waals surface area contributed by atoms with Crippen molar-refractivity contribution in [2.24, 2.45) is 0 Å². The van der Waals surface area contributed by atoms with Crippen LogP contribution in [0.25, 0.3) is 5.57 Å². The van der Waals surface area contributed by atoms with Gasteiger partial charge in [0.05, 0.1) is 24.5 Å². The van der Waals surface area contributed by atoms with Crippen LogP contribution in [0.2, 0.25) is 5.02 Å². The quantitative estimate of drug-likeness (QED) is 0.723. The van der Waals surface area contributed by atoms with E-state index in [1.165, 1.54) is 0 Å². The summed E-state index contributed by atoms with van der Waals surface area (Å²) < 4.78 is 5.42. The van der Waals surface area contributed by atoms with Crippen LogP contribution in [0.1, 0.15) is 12.5 Å². The van der Waals surface area contributed by atoms with Crippen LogP contribution in [-0.4, -0.2) is 48.6 Å². The van der Waals surface area contributed by atoms with Crippen molar-refractivity contribution in [2.45, 2.75) is 6.92 Å². The molecule has 0 bridgehead atoms. The van der Waals surface area contributed by atoms with Gasteiger partial charge in [0.15, 0.2) is 0 Å². The Labute approximate surface area is 168 Å². The Morgan fingerprint density at radius 2 is 1.68 bits per heavy atom. The maximum Gasteiger partial charge on any atom is 0.282 e. The normalized spacial score (nSPS) is 14.1. The molecular weight excluding hydrogens is 380 g/mol. The number of rotatable bonds is 7. The summed E-state index contributed by atoms with van der Waals surface area (Å²) >= 11 is 5.96. The van der Waals surface area contributed by atoms with E-state index in [1.54, 1.807) is 60.5 Å². The minimum atomic E-state index is -0.435. The Morgan fingerprint density at radius 1 is 1.04 bits per heavy atom. The Morgan fingerprint density at radius 3 is 2.25 bits per heavy atom. The number of carbonyl (C=O) groups excluding carboxylic acids is 2. The highest BCUT2D eigenvalue weighted by Gasteiger charge is 2.41. The van der Waals surface area contributed by atoms with Crippen molar-refractivity contribution < 1.29 is 19.4 Å². The molecule has 3 rings (SSSR count). The zero-order valence-corrected chi connectivity index (χ0v) is 16.4. The number of halogens is 1. The molecule has 28 heavy (non-hydrogen) atoms. The maximum absolute atomic E-state index is 13.2. The summed E-state index contributed by atoms with van der Waals surface area (Å²) in [6, 6.07) is 13.5. The van der Waals surface area contributed by atoms with Gasteiger partial charge < -0.3 is 14.7 Å². The number of amides is 2. The average Bonchev–Trinajstić information content (AvgIpc) is 2.94. The molecule has 0 saturated heterocycles. The molecule has 6 nitrogen and oxygen atoms in total. The van der Waals surface area contributed by atoms with Crippen molar-refractivity contribution in [3.05, 3.63) is 64.8 Å². The first-order valence-electron chi connectivity index (χ1n) is 8.91. The van der Waals surface area contributed by atoms with E-state index in [9.17, 15) is 14.7 Å². The van der Waals surface area contributed by atoms with Crippen LogP contribution >= 0.6 is 11.6 Å². The number of aliphatic hydroxyl groups excluding tert-OH is 1. The molecule has 0 unspecified atom stereocenters. The lowest BCUT2D eigenvalue weighted by molar-refractivity contribution is -0.120. The topological polar surface area (TPSA) is 70.1 Å². The van der Waals surface area contributed by atoms with Gasteiger partial charge in [-0.15, -0.1) is 0 Å². The third-order valence-electron chi connectivity index (χ3n) is 4.42. The Kier molecular flexibility index (Phi) is 6.02. The van der Waals surface area contributed by atoms with Crippen LogP contribution in [0, 0.1) is 0 Å². The number of hydrogen-bond acceptors (Lipinski definition) is 5. The first-order chi connectivity index (χ1) is 13.5. The van der Waals surface area contributed by atoms with Crippen LogP contribution in [0.3, 0.4) is 0 Å². The second-order valence-electron chi connectivity index (χ2n) is 6.25. The second-order valence-corrected chi connectivity index (χ2v) is 6.68. The standard InChI is InChI=1S/C21H21ClN2O4/c1-3-28-17-10-8-16(9-11-17)24-20(26)18(14-4-6-15(22)7-5-14)19(21(24)27)23(2)12-13-25/h4-11,25H,3,12-13H2,1-2H3. The minimum Gasteiger partial charge on any atom is -0.494 e. The predicted molar refractivity (Wildman–Crippen MR) is 108 cm³/mol. The molecule has 7 heteroatoms. The molecule has 0 radical (unpaired) electrons. The molecule has 2 aromatic rings. The van der Waals surface area contributed by atoms with E-state index in [4.69, 9.17) is 16.3 Å². The second kappa shape index (κ2) is 8.46. The molecule has 0 atom stereocenters. The Balaban J connectivity index is 2.04. The zero-order chi connectivity index (χ0) is 20.3. The summed E-state index contributed by atoms with van der Waals surface area (Å²) in [5.74, 6) is -0.194. The molecule has 1 aliphatic rings. The number of hydrogen-bond donors (Lipinski definition) is 1. The highest BCUT2D eigenvalue weighted by atomic mass is 35.5. The lowest BCUT2D eigenvalue weighted by Crippen LogP contribution is -2.34. The van der Waals surface area contributed by atoms with Crippen molar-refractivity contribution in [3.63, 3.8) is 0 Å². The molecule has 0 fully saturated rings. The molecular formula is C21H21ClN2O4. The van der Waals surface area contributed by atoms with Gasteiger partial charge in [0.25, 0.3) is 11.8 Å². The van der Waals surface area contributed by atoms with Gasteiger partial charge in [-0.25, -0.2) is 4.90 Å². The van der Waals surface area contributed by atoms with Gasteiger partial charge in [0, 0.05) is 18.6 Å². The van der Waals surface area contributed by atoms with E-state index in [0.29, 0.717) is 28.6 Å². The first kappa shape index (κ1) is 19.9. The van der Waals surface area contributed by atoms with E-state index in [1.807, 2.05) is 6.92 Å². The smallest absolute Gasteiger partial charge is 0.282 e. The van der Waals surface area contributed by atoms with E-state index in [-0.39, 0.29) is 24.4 Å². The molecule has 0 aromatic heterocycles. The van der Waals surface area contributed by atoms with Crippen LogP contribution in [0.15, 0.2) is 54.2 Å². The fourth-order valence-electron chi connectivity index (χ4n) is 3.10. The maximum atomic E-state index is 13.2. The monoisotopic (exact) mass is 400 g/mol. The van der Waals surface area contributed by atoms with Crippen molar-refractivity contribution in [2.75, 3.05) is 31.7 Å². The minimum absolute atomic E-state index is 0.140. The molecule has 146 valence electrons. The SMILES string of the molecule is CCOc1ccc(N2C(=O)C(c3ccc(Cl)cc3)=C(N(C)CCO)C2=O)cc1. The van der Waals surface area contributed by atoms with Gasteiger partial charge in [0.1, 0.15) is 11.4 Å². The molecule has 2 aromatic carbocycles. The summed E-state index contributed by atoms with van der Waals surface area (Å²) in [6.45, 7) is 2.49. The number of aliphatic hydroxyl groups is 1. The Bertz CT molecular complexity index is 907. The van der Waals surface area contributed by atoms with Crippen LogP contribution in [-0.2, 0) is 9.59 Å². The Hall–Kier alpha value is -2.83. The largest absolute Gasteiger partial charge is 0.494 e. The lowest BCUT2D eigenvalue weighted by Gasteiger charge is -2.20. The van der Waals surface area contributed by atoms with Gasteiger partial charge in [-0.2, -0.15) is 0 Å². The third-order valence-corrected chi connectivity index (χ3v) is 4.67. The van der Waals surface area contributed by atoms with Crippen molar-refractivity contribution in [1.29, 1.82) is 0 Å². The number of carbonyl (C=O) groups is 2. The van der Waals surface area contributed by atoms with Gasteiger partial charge in [-0.3, -0.25) is 9.59 Å². The van der Waals surface area contributed by atoms with Crippen LogP contribution < -0.4 is 9.64 Å². The van der Waals surface area contributed by atoms with Crippen molar-refractivity contribution >= 4 is 34.7 Å². The number of likely N-dealkylation sites (N-methyl/N-ethyl adjacent to an activating group) is 1. The van der Waals surface area contributed by atoms with E-state index >= 15 is 0 Å². The summed E-state index contributed by atoms with van der Waals surface area (Å²) in [5.41, 5.74) is 1.58. The highest BCUT2D eigenvalue weighted by molar-refractivity contribution is 6.45. The average molecular weight is 401 g/mol. The summed E-state index contributed by atoms with van der Waals surface area (Å²) in [6.07, 6.45) is 0. The molecule has 1 N–H and O–H groups in total. The number of nitrogens with zero attached hydrogens (tertiary/aromatic N) is 2. The summed E-state index contributed by atoms with van der Waals surface area (Å²) in [7, 11) is 1.67. The molecule has 0 saturated carbocycles. The summed E-state index contributed by atoms with van der Waals surface area (Å²) in [4.78, 5) is 29.1. The van der Waals surface area contributed by atoms with E-state index in [0.717, 1.165) is 4.90 Å². The van der Waals surface area contributed by atoms with Crippen LogP contribution in [0.4, 0.5) is 5.69 Å². The fourth-order valence-corrected chi connectivity index (χ4v) is 3.23. The molecule has 0 spiro atoms. The number of ether oxygens (including phenoxy) is 1. The molecule has 2 amide bonds. The predicted octanol–water partition coefficient (Wildman–Crippen LogP) is 2.95. The summed E-state index contributed by atoms with van der Waals surface area (Å²) in [5, 5.41) is 9.84.